The Morgan fingerprint density at radius 1 is 0.588 bits per heavy atom. The van der Waals surface area contributed by atoms with Crippen LogP contribution in [0.25, 0.3) is 0 Å². The van der Waals surface area contributed by atoms with E-state index in [9.17, 15) is 0 Å². The first-order chi connectivity index (χ1) is 7.83. The van der Waals surface area contributed by atoms with E-state index >= 15 is 0 Å². The molecule has 0 amide bonds. The molecule has 0 bridgehead atoms. The number of rotatable bonds is 6. The molecule has 0 saturated heterocycles. The van der Waals surface area contributed by atoms with Gasteiger partial charge < -0.3 is 18.9 Å². The van der Waals surface area contributed by atoms with Crippen molar-refractivity contribution in [2.24, 2.45) is 0 Å². The van der Waals surface area contributed by atoms with Gasteiger partial charge in [-0.2, -0.15) is 0 Å². The normalized spacial score (nSPS) is 9.88. The zero-order valence-electron chi connectivity index (χ0n) is 10.5. The zero-order chi connectivity index (χ0) is 14.2. The van der Waals surface area contributed by atoms with E-state index in [1.54, 1.807) is 28.4 Å². The van der Waals surface area contributed by atoms with Gasteiger partial charge in [0.2, 0.25) is 0 Å². The molecule has 108 valence electrons. The minimum atomic E-state index is -1.46. The Labute approximate surface area is 138 Å². The van der Waals surface area contributed by atoms with Crippen molar-refractivity contribution in [1.82, 2.24) is 0 Å². The topological polar surface area (TPSA) is 36.9 Å². The average molecular weight is 920 g/mol. The van der Waals surface area contributed by atoms with Crippen molar-refractivity contribution in [3.63, 3.8) is 0 Å². The Balaban J connectivity index is -0.000000174. The molecule has 0 aromatic carbocycles. The molecular formula is C8H20I4O4Th. The summed E-state index contributed by atoms with van der Waals surface area (Å²) >= 11 is 10.3. The summed E-state index contributed by atoms with van der Waals surface area (Å²) in [4.78, 5) is 0. The average Bonchev–Trinajstić information content (AvgIpc) is 2.22. The van der Waals surface area contributed by atoms with Gasteiger partial charge in [0.1, 0.15) is 0 Å². The third kappa shape index (κ3) is 64.6. The van der Waals surface area contributed by atoms with Crippen LogP contribution < -0.4 is 0 Å². The Kier molecular flexibility index (Phi) is 34.2. The second kappa shape index (κ2) is 22.4. The first-order valence-electron chi connectivity index (χ1n) is 4.54. The van der Waals surface area contributed by atoms with Crippen molar-refractivity contribution in [1.29, 1.82) is 0 Å². The van der Waals surface area contributed by atoms with E-state index in [0.717, 1.165) is 0 Å². The molecule has 0 aromatic rings. The Morgan fingerprint density at radius 3 is 0.765 bits per heavy atom. The molecule has 0 spiro atoms. The fourth-order valence-electron chi connectivity index (χ4n) is 0.333. The van der Waals surface area contributed by atoms with Gasteiger partial charge in [0, 0.05) is 28.4 Å². The van der Waals surface area contributed by atoms with E-state index in [1.165, 1.54) is 0 Å². The summed E-state index contributed by atoms with van der Waals surface area (Å²) in [6.07, 6.45) is 0. The molecule has 17 heavy (non-hydrogen) atoms. The molecule has 0 saturated carbocycles. The van der Waals surface area contributed by atoms with Gasteiger partial charge in [-0.3, -0.25) is 0 Å². The first kappa shape index (κ1) is 26.0. The van der Waals surface area contributed by atoms with Gasteiger partial charge >= 0.3 is 67.9 Å². The molecular weight excluding hydrogens is 900 g/mol. The van der Waals surface area contributed by atoms with Crippen molar-refractivity contribution in [3.8, 4) is 0 Å². The van der Waals surface area contributed by atoms with Gasteiger partial charge in [-0.25, -0.2) is 0 Å². The van der Waals surface area contributed by atoms with E-state index in [1.807, 2.05) is 0 Å². The molecule has 0 N–H and O–H groups in total. The summed E-state index contributed by atoms with van der Waals surface area (Å²) in [7, 11) is 5.15. The molecule has 9 heteroatoms. The number of hydrogen-bond donors (Lipinski definition) is 0. The van der Waals surface area contributed by atoms with Crippen molar-refractivity contribution < 1.29 is 29.2 Å². The zero-order valence-corrected chi connectivity index (χ0v) is 23.2. The molecule has 0 heterocycles. The molecule has 0 atom stereocenters. The van der Waals surface area contributed by atoms with Crippen LogP contribution in [0.4, 0.5) is 0 Å². The van der Waals surface area contributed by atoms with Crippen LogP contribution in [-0.4, -0.2) is 54.9 Å². The van der Waals surface area contributed by atoms with E-state index in [4.69, 9.17) is 0 Å². The van der Waals surface area contributed by atoms with Crippen LogP contribution in [-0.2, 0) is 18.9 Å². The van der Waals surface area contributed by atoms with Crippen molar-refractivity contribution >= 4 is 57.6 Å². The maximum atomic E-state index is 4.66. The quantitative estimate of drug-likeness (QED) is 0.298. The third-order valence-electron chi connectivity index (χ3n) is 0.983. The van der Waals surface area contributed by atoms with Gasteiger partial charge in [-0.05, 0) is 0 Å². The third-order valence-corrected chi connectivity index (χ3v) is 0.983. The minimum absolute atomic E-state index is 0.691. The standard InChI is InChI=1S/2C4H10O2.4HI.Th/c2*1-5-3-4-6-2;;;;;/h2*3-4H2,1-2H3;4*1H;/q;;;;;;+4/p-4. The molecule has 4 nitrogen and oxygen atoms in total. The van der Waals surface area contributed by atoms with Crippen LogP contribution in [0.15, 0.2) is 0 Å². The predicted octanol–water partition coefficient (Wildman–Crippen LogP) is 4.10. The predicted molar refractivity (Wildman–Crippen MR) is 104 cm³/mol. The summed E-state index contributed by atoms with van der Waals surface area (Å²) in [6.45, 7) is 2.76. The molecule has 0 aliphatic carbocycles. The molecule has 0 aromatic heterocycles. The summed E-state index contributed by atoms with van der Waals surface area (Å²) in [5, 5.41) is 0. The first-order valence-corrected chi connectivity index (χ1v) is 50.5. The van der Waals surface area contributed by atoms with Crippen LogP contribution in [0.5, 0.6) is 0 Å². The Morgan fingerprint density at radius 2 is 0.706 bits per heavy atom. The van der Waals surface area contributed by atoms with Crippen molar-refractivity contribution in [2.75, 3.05) is 54.9 Å². The van der Waals surface area contributed by atoms with E-state index in [2.05, 4.69) is 76.6 Å². The summed E-state index contributed by atoms with van der Waals surface area (Å²) in [6, 6.07) is 0. The monoisotopic (exact) mass is 920 g/mol. The second-order valence-electron chi connectivity index (χ2n) is 2.40. The molecule has 0 aliphatic heterocycles. The second-order valence-corrected chi connectivity index (χ2v) is 180. The summed E-state index contributed by atoms with van der Waals surface area (Å²) < 4.78 is 18.6. The van der Waals surface area contributed by atoms with Crippen LogP contribution in [0.1, 0.15) is 0 Å². The van der Waals surface area contributed by atoms with E-state index < -0.39 is 10.3 Å². The SMILES string of the molecule is COCCOC.COCCOC.[I][Th]([I])([I])[I]. The fourth-order valence-corrected chi connectivity index (χ4v) is 0.333. The Hall–Kier alpha value is 4.08. The van der Waals surface area contributed by atoms with E-state index in [0.29, 0.717) is 26.4 Å². The van der Waals surface area contributed by atoms with Crippen LogP contribution >= 0.6 is 57.6 Å². The van der Waals surface area contributed by atoms with Gasteiger partial charge in [0.05, 0.1) is 26.4 Å². The number of methoxy groups -OCH3 is 4. The van der Waals surface area contributed by atoms with Crippen molar-refractivity contribution in [3.05, 3.63) is 0 Å². The number of ether oxygens (including phenoxy) is 4. The molecule has 0 rings (SSSR count). The Bertz CT molecular complexity index is 105. The van der Waals surface area contributed by atoms with E-state index in [-0.39, 0.29) is 0 Å². The van der Waals surface area contributed by atoms with Gasteiger partial charge in [-0.15, -0.1) is 0 Å². The molecule has 0 unspecified atom stereocenters. The van der Waals surface area contributed by atoms with Crippen LogP contribution in [0.2, 0.25) is 0 Å². The molecule has 0 aliphatic rings. The van der Waals surface area contributed by atoms with Gasteiger partial charge in [-0.1, -0.05) is 0 Å². The van der Waals surface area contributed by atoms with Crippen LogP contribution in [0.3, 0.4) is 0 Å². The fraction of sp³-hybridized carbons (Fsp3) is 1.00. The maximum absolute atomic E-state index is 4.66. The number of hydrogen-bond acceptors (Lipinski definition) is 4. The van der Waals surface area contributed by atoms with Crippen LogP contribution in [0, 0.1) is 10.3 Å². The van der Waals surface area contributed by atoms with Gasteiger partial charge in [0.25, 0.3) is 0 Å². The summed E-state index contributed by atoms with van der Waals surface area (Å²) in [5.74, 6) is 0. The van der Waals surface area contributed by atoms with Crippen molar-refractivity contribution in [2.45, 2.75) is 0 Å². The molecule has 0 fully saturated rings. The summed E-state index contributed by atoms with van der Waals surface area (Å²) in [5.41, 5.74) is 0. The number of halogens is 4. The molecule has 0 radical (unpaired) electrons. The van der Waals surface area contributed by atoms with Gasteiger partial charge in [0.15, 0.2) is 0 Å².